The molecule has 36 heavy (non-hydrogen) atoms. The number of aromatic carboxylic acids is 1. The molecule has 0 saturated carbocycles. The summed E-state index contributed by atoms with van der Waals surface area (Å²) >= 11 is 0. The van der Waals surface area contributed by atoms with Crippen molar-refractivity contribution in [3.63, 3.8) is 0 Å². The molecule has 1 aromatic heterocycles. The number of hydrogen-bond donors (Lipinski definition) is 1. The Morgan fingerprint density at radius 1 is 0.861 bits per heavy atom. The summed E-state index contributed by atoms with van der Waals surface area (Å²) in [4.78, 5) is 15.3. The lowest BCUT2D eigenvalue weighted by Crippen LogP contribution is -2.11. The number of benzene rings is 2. The third kappa shape index (κ3) is 5.53. The molecule has 4 nitrogen and oxygen atoms in total. The van der Waals surface area contributed by atoms with Crippen LogP contribution in [0.25, 0.3) is 11.1 Å². The van der Waals surface area contributed by atoms with Crippen molar-refractivity contribution < 1.29 is 41.0 Å². The molecule has 1 aliphatic carbocycles. The zero-order valence-corrected chi connectivity index (χ0v) is 18.6. The third-order valence-corrected chi connectivity index (χ3v) is 5.77. The lowest BCUT2D eigenvalue weighted by molar-refractivity contribution is -0.138. The summed E-state index contributed by atoms with van der Waals surface area (Å²) in [5.41, 5.74) is -1.72. The fourth-order valence-electron chi connectivity index (χ4n) is 4.09. The number of halogens is 6. The van der Waals surface area contributed by atoms with Crippen molar-refractivity contribution in [3.8, 4) is 5.75 Å². The van der Waals surface area contributed by atoms with Gasteiger partial charge in [0.1, 0.15) is 18.1 Å². The molecule has 0 saturated heterocycles. The topological polar surface area (TPSA) is 59.4 Å². The number of carbonyl (C=O) groups is 1. The minimum atomic E-state index is -4.83. The van der Waals surface area contributed by atoms with E-state index in [1.165, 1.54) is 6.07 Å². The standard InChI is InChI=1S/C26H19F6NO3/c27-25(28,29)16-9-10-23(36-14-15-5-2-1-3-6-15)20(11-16)18-7-4-8-19(18)21-12-17(26(30,31)32)13-22(33-21)24(34)35/h1-3,5-6,9-13H,4,7-8,14H2,(H,34,35). The Morgan fingerprint density at radius 2 is 1.53 bits per heavy atom. The van der Waals surface area contributed by atoms with Gasteiger partial charge in [-0.25, -0.2) is 9.78 Å². The van der Waals surface area contributed by atoms with Gasteiger partial charge in [0, 0.05) is 5.56 Å². The minimum Gasteiger partial charge on any atom is -0.488 e. The highest BCUT2D eigenvalue weighted by atomic mass is 19.4. The van der Waals surface area contributed by atoms with E-state index < -0.39 is 35.1 Å². The van der Waals surface area contributed by atoms with E-state index in [0.29, 0.717) is 18.1 Å². The van der Waals surface area contributed by atoms with Crippen LogP contribution in [0, 0.1) is 0 Å². The van der Waals surface area contributed by atoms with Crippen molar-refractivity contribution in [3.05, 3.63) is 94.3 Å². The van der Waals surface area contributed by atoms with E-state index >= 15 is 0 Å². The molecule has 2 aromatic carbocycles. The maximum atomic E-state index is 13.5. The van der Waals surface area contributed by atoms with Gasteiger partial charge in [-0.3, -0.25) is 0 Å². The van der Waals surface area contributed by atoms with Gasteiger partial charge in [0.2, 0.25) is 0 Å². The van der Waals surface area contributed by atoms with Gasteiger partial charge < -0.3 is 9.84 Å². The Morgan fingerprint density at radius 3 is 2.17 bits per heavy atom. The molecule has 0 unspecified atom stereocenters. The first kappa shape index (κ1) is 25.3. The van der Waals surface area contributed by atoms with Gasteiger partial charge in [-0.2, -0.15) is 26.3 Å². The van der Waals surface area contributed by atoms with Gasteiger partial charge in [0.05, 0.1) is 16.8 Å². The second-order valence-corrected chi connectivity index (χ2v) is 8.22. The largest absolute Gasteiger partial charge is 0.488 e. The Hall–Kier alpha value is -3.82. The van der Waals surface area contributed by atoms with E-state index in [1.54, 1.807) is 30.3 Å². The van der Waals surface area contributed by atoms with Gasteiger partial charge in [-0.05, 0) is 66.3 Å². The summed E-state index contributed by atoms with van der Waals surface area (Å²) in [6.45, 7) is 0.0623. The smallest absolute Gasteiger partial charge is 0.416 e. The van der Waals surface area contributed by atoms with Gasteiger partial charge in [0.25, 0.3) is 0 Å². The molecular formula is C26H19F6NO3. The molecule has 4 rings (SSSR count). The molecule has 1 aliphatic rings. The molecule has 0 fully saturated rings. The lowest BCUT2D eigenvalue weighted by Gasteiger charge is -2.17. The quantitative estimate of drug-likeness (QED) is 0.351. The van der Waals surface area contributed by atoms with E-state index in [-0.39, 0.29) is 42.0 Å². The van der Waals surface area contributed by atoms with Crippen LogP contribution in [0.3, 0.4) is 0 Å². The Balaban J connectivity index is 1.86. The number of carboxylic acid groups (broad SMARTS) is 1. The average molecular weight is 507 g/mol. The Kier molecular flexibility index (Phi) is 6.79. The zero-order valence-electron chi connectivity index (χ0n) is 18.6. The maximum absolute atomic E-state index is 13.5. The van der Waals surface area contributed by atoms with E-state index in [1.807, 2.05) is 0 Å². The molecule has 0 amide bonds. The highest BCUT2D eigenvalue weighted by Crippen LogP contribution is 2.45. The normalized spacial score (nSPS) is 14.3. The molecule has 0 aliphatic heterocycles. The first-order chi connectivity index (χ1) is 16.9. The average Bonchev–Trinajstić information content (AvgIpc) is 3.31. The second kappa shape index (κ2) is 9.67. The number of carboxylic acids is 1. The van der Waals surface area contributed by atoms with Crippen LogP contribution in [-0.4, -0.2) is 16.1 Å². The Labute approximate surface area is 201 Å². The molecule has 0 bridgehead atoms. The van der Waals surface area contributed by atoms with Crippen LogP contribution in [0.1, 0.15) is 57.7 Å². The zero-order chi connectivity index (χ0) is 26.1. The highest BCUT2D eigenvalue weighted by molar-refractivity contribution is 5.95. The number of alkyl halides is 6. The summed E-state index contributed by atoms with van der Waals surface area (Å²) in [6.07, 6.45) is -8.56. The summed E-state index contributed by atoms with van der Waals surface area (Å²) in [5, 5.41) is 9.28. The molecule has 0 radical (unpaired) electrons. The molecule has 0 atom stereocenters. The molecule has 1 heterocycles. The number of ether oxygens (including phenoxy) is 1. The molecule has 3 aromatic rings. The first-order valence-corrected chi connectivity index (χ1v) is 10.9. The van der Waals surface area contributed by atoms with Crippen LogP contribution in [0.4, 0.5) is 26.3 Å². The van der Waals surface area contributed by atoms with E-state index in [9.17, 15) is 36.2 Å². The maximum Gasteiger partial charge on any atom is 0.416 e. The monoisotopic (exact) mass is 507 g/mol. The van der Waals surface area contributed by atoms with Crippen molar-refractivity contribution in [2.24, 2.45) is 0 Å². The summed E-state index contributed by atoms with van der Waals surface area (Å²) in [7, 11) is 0. The van der Waals surface area contributed by atoms with E-state index in [4.69, 9.17) is 4.74 Å². The van der Waals surface area contributed by atoms with Crippen LogP contribution in [0.2, 0.25) is 0 Å². The van der Waals surface area contributed by atoms with Crippen molar-refractivity contribution >= 4 is 17.1 Å². The number of pyridine rings is 1. The predicted octanol–water partition coefficient (Wildman–Crippen LogP) is 7.49. The van der Waals surface area contributed by atoms with Crippen LogP contribution < -0.4 is 4.74 Å². The van der Waals surface area contributed by atoms with Crippen LogP contribution in [0.5, 0.6) is 5.75 Å². The van der Waals surface area contributed by atoms with Gasteiger partial charge in [0.15, 0.2) is 0 Å². The van der Waals surface area contributed by atoms with Gasteiger partial charge in [-0.15, -0.1) is 0 Å². The fourth-order valence-corrected chi connectivity index (χ4v) is 4.09. The summed E-state index contributed by atoms with van der Waals surface area (Å²) in [6, 6.07) is 13.1. The van der Waals surface area contributed by atoms with Crippen molar-refractivity contribution in [2.75, 3.05) is 0 Å². The Bertz CT molecular complexity index is 1310. The van der Waals surface area contributed by atoms with Crippen LogP contribution >= 0.6 is 0 Å². The summed E-state index contributed by atoms with van der Waals surface area (Å²) < 4.78 is 86.7. The van der Waals surface area contributed by atoms with Crippen molar-refractivity contribution in [2.45, 2.75) is 38.2 Å². The number of nitrogens with zero attached hydrogens (tertiary/aromatic N) is 1. The van der Waals surface area contributed by atoms with Crippen molar-refractivity contribution in [1.29, 1.82) is 0 Å². The fraction of sp³-hybridized carbons (Fsp3) is 0.231. The molecule has 0 spiro atoms. The number of aromatic nitrogens is 1. The number of allylic oxidation sites excluding steroid dienone is 2. The van der Waals surface area contributed by atoms with Crippen LogP contribution in [-0.2, 0) is 19.0 Å². The van der Waals surface area contributed by atoms with Crippen LogP contribution in [0.15, 0.2) is 60.7 Å². The molecule has 10 heteroatoms. The summed E-state index contributed by atoms with van der Waals surface area (Å²) in [5.74, 6) is -1.51. The van der Waals surface area contributed by atoms with Crippen molar-refractivity contribution in [1.82, 2.24) is 4.98 Å². The molecule has 188 valence electrons. The predicted molar refractivity (Wildman–Crippen MR) is 119 cm³/mol. The van der Waals surface area contributed by atoms with E-state index in [2.05, 4.69) is 4.98 Å². The minimum absolute atomic E-state index is 0.0623. The lowest BCUT2D eigenvalue weighted by atomic mass is 9.96. The highest BCUT2D eigenvalue weighted by Gasteiger charge is 2.35. The SMILES string of the molecule is O=C(O)c1cc(C(F)(F)F)cc(C2=C(c3cc(C(F)(F)F)ccc3OCc3ccccc3)CCC2)n1. The third-order valence-electron chi connectivity index (χ3n) is 5.77. The molecule has 1 N–H and O–H groups in total. The van der Waals surface area contributed by atoms with Gasteiger partial charge in [-0.1, -0.05) is 30.3 Å². The number of rotatable bonds is 6. The second-order valence-electron chi connectivity index (χ2n) is 8.22. The molecular weight excluding hydrogens is 488 g/mol. The van der Waals surface area contributed by atoms with E-state index in [0.717, 1.165) is 23.8 Å². The van der Waals surface area contributed by atoms with Gasteiger partial charge >= 0.3 is 18.3 Å². The number of hydrogen-bond acceptors (Lipinski definition) is 3. The first-order valence-electron chi connectivity index (χ1n) is 10.9.